The fourth-order valence-corrected chi connectivity index (χ4v) is 3.94. The Balaban J connectivity index is 1.57. The van der Waals surface area contributed by atoms with Gasteiger partial charge in [-0.3, -0.25) is 4.79 Å². The third-order valence-corrected chi connectivity index (χ3v) is 6.14. The van der Waals surface area contributed by atoms with Gasteiger partial charge in [-0.05, 0) is 49.4 Å². The van der Waals surface area contributed by atoms with Crippen LogP contribution >= 0.6 is 0 Å². The molecule has 2 N–H and O–H groups in total. The van der Waals surface area contributed by atoms with Gasteiger partial charge in [-0.15, -0.1) is 0 Å². The van der Waals surface area contributed by atoms with Crippen LogP contribution in [0.3, 0.4) is 0 Å². The number of ether oxygens (including phenoxy) is 1. The van der Waals surface area contributed by atoms with Crippen molar-refractivity contribution in [2.24, 2.45) is 5.92 Å². The summed E-state index contributed by atoms with van der Waals surface area (Å²) in [6.45, 7) is 1.66. The summed E-state index contributed by atoms with van der Waals surface area (Å²) in [6.07, 6.45) is 2.20. The molecule has 0 unspecified atom stereocenters. The molecule has 1 saturated carbocycles. The highest BCUT2D eigenvalue weighted by molar-refractivity contribution is 7.89. The Labute approximate surface area is 170 Å². The fourth-order valence-electron chi connectivity index (χ4n) is 2.87. The monoisotopic (exact) mass is 416 g/mol. The Morgan fingerprint density at radius 1 is 1.10 bits per heavy atom. The Kier molecular flexibility index (Phi) is 6.66. The summed E-state index contributed by atoms with van der Waals surface area (Å²) in [7, 11) is -3.80. The maximum Gasteiger partial charge on any atom is 0.338 e. The number of carbonyl (C=O) groups is 2. The molecule has 0 spiro atoms. The van der Waals surface area contributed by atoms with Crippen LogP contribution in [0, 0.1) is 5.92 Å². The molecule has 0 radical (unpaired) electrons. The molecule has 1 atom stereocenters. The van der Waals surface area contributed by atoms with Gasteiger partial charge in [-0.25, -0.2) is 17.9 Å². The third-order valence-electron chi connectivity index (χ3n) is 4.74. The van der Waals surface area contributed by atoms with Crippen molar-refractivity contribution in [3.63, 3.8) is 0 Å². The molecule has 8 heteroatoms. The molecule has 1 amide bonds. The van der Waals surface area contributed by atoms with E-state index in [9.17, 15) is 18.0 Å². The number of carbonyl (C=O) groups excluding carboxylic acids is 2. The summed E-state index contributed by atoms with van der Waals surface area (Å²) in [5.41, 5.74) is 0.883. The fraction of sp³-hybridized carbons (Fsp3) is 0.333. The number of benzene rings is 2. The molecule has 2 aromatic carbocycles. The van der Waals surface area contributed by atoms with E-state index in [0.29, 0.717) is 5.92 Å². The van der Waals surface area contributed by atoms with Gasteiger partial charge in [-0.1, -0.05) is 36.4 Å². The van der Waals surface area contributed by atoms with E-state index in [1.807, 2.05) is 37.3 Å². The van der Waals surface area contributed by atoms with Crippen LogP contribution in [0.25, 0.3) is 0 Å². The highest BCUT2D eigenvalue weighted by atomic mass is 32.2. The number of rotatable bonds is 9. The van der Waals surface area contributed by atoms with Crippen LogP contribution in [-0.4, -0.2) is 32.9 Å². The lowest BCUT2D eigenvalue weighted by atomic mass is 10.2. The number of hydrogen-bond acceptors (Lipinski definition) is 5. The summed E-state index contributed by atoms with van der Waals surface area (Å²) < 4.78 is 32.5. The van der Waals surface area contributed by atoms with Gasteiger partial charge in [0.15, 0.2) is 6.61 Å². The SMILES string of the molecule is C[C@H](NC(=O)COC(=O)c1cccc(S(=O)(=O)NCc2ccccc2)c1)C1CC1. The topological polar surface area (TPSA) is 102 Å². The summed E-state index contributed by atoms with van der Waals surface area (Å²) in [5, 5.41) is 2.79. The lowest BCUT2D eigenvalue weighted by Crippen LogP contribution is -2.37. The molecule has 1 aliphatic carbocycles. The van der Waals surface area contributed by atoms with Crippen molar-refractivity contribution >= 4 is 21.9 Å². The largest absolute Gasteiger partial charge is 0.452 e. The molecule has 0 aromatic heterocycles. The molecule has 7 nitrogen and oxygen atoms in total. The Hall–Kier alpha value is -2.71. The van der Waals surface area contributed by atoms with Crippen LogP contribution in [0.4, 0.5) is 0 Å². The van der Waals surface area contributed by atoms with Crippen molar-refractivity contribution in [3.05, 3.63) is 65.7 Å². The van der Waals surface area contributed by atoms with Crippen LogP contribution < -0.4 is 10.0 Å². The highest BCUT2D eigenvalue weighted by Gasteiger charge is 2.29. The first-order valence-electron chi connectivity index (χ1n) is 9.45. The van der Waals surface area contributed by atoms with Gasteiger partial charge in [0, 0.05) is 12.6 Å². The van der Waals surface area contributed by atoms with Crippen LogP contribution in [0.2, 0.25) is 0 Å². The minimum absolute atomic E-state index is 0.0466. The van der Waals surface area contributed by atoms with E-state index in [2.05, 4.69) is 10.0 Å². The molecule has 2 aromatic rings. The van der Waals surface area contributed by atoms with Crippen LogP contribution in [0.15, 0.2) is 59.5 Å². The Morgan fingerprint density at radius 2 is 1.83 bits per heavy atom. The van der Waals surface area contributed by atoms with Gasteiger partial charge >= 0.3 is 5.97 Å². The van der Waals surface area contributed by atoms with Crippen molar-refractivity contribution in [1.29, 1.82) is 0 Å². The molecule has 0 saturated heterocycles. The summed E-state index contributed by atoms with van der Waals surface area (Å²) >= 11 is 0. The Bertz CT molecular complexity index is 972. The third kappa shape index (κ3) is 6.13. The smallest absolute Gasteiger partial charge is 0.338 e. The number of esters is 1. The van der Waals surface area contributed by atoms with E-state index >= 15 is 0 Å². The van der Waals surface area contributed by atoms with E-state index < -0.39 is 22.6 Å². The molecule has 0 aliphatic heterocycles. The standard InChI is InChI=1S/C21H24N2O5S/c1-15(17-10-11-17)23-20(24)14-28-21(25)18-8-5-9-19(12-18)29(26,27)22-13-16-6-3-2-4-7-16/h2-9,12,15,17,22H,10-11,13-14H2,1H3,(H,23,24)/t15-/m0/s1. The molecule has 1 aliphatic rings. The van der Waals surface area contributed by atoms with Crippen molar-refractivity contribution in [2.75, 3.05) is 6.61 Å². The Morgan fingerprint density at radius 3 is 2.52 bits per heavy atom. The number of sulfonamides is 1. The lowest BCUT2D eigenvalue weighted by Gasteiger charge is -2.13. The first kappa shape index (κ1) is 21.0. The van der Waals surface area contributed by atoms with E-state index in [1.165, 1.54) is 24.3 Å². The van der Waals surface area contributed by atoms with Crippen LogP contribution in [0.5, 0.6) is 0 Å². The molecular weight excluding hydrogens is 392 g/mol. The van der Waals surface area contributed by atoms with Gasteiger partial charge in [0.25, 0.3) is 5.91 Å². The van der Waals surface area contributed by atoms with Crippen LogP contribution in [-0.2, 0) is 26.1 Å². The van der Waals surface area contributed by atoms with Crippen LogP contribution in [0.1, 0.15) is 35.7 Å². The van der Waals surface area contributed by atoms with Crippen molar-refractivity contribution < 1.29 is 22.7 Å². The predicted molar refractivity (Wildman–Crippen MR) is 108 cm³/mol. The zero-order valence-corrected chi connectivity index (χ0v) is 16.9. The van der Waals surface area contributed by atoms with Gasteiger partial charge < -0.3 is 10.1 Å². The molecule has 1 fully saturated rings. The normalized spacial score (nSPS) is 14.8. The first-order valence-corrected chi connectivity index (χ1v) is 10.9. The average molecular weight is 416 g/mol. The molecule has 3 rings (SSSR count). The zero-order chi connectivity index (χ0) is 20.9. The van der Waals surface area contributed by atoms with E-state index in [0.717, 1.165) is 18.4 Å². The molecular formula is C21H24N2O5S. The predicted octanol–water partition coefficient (Wildman–Crippen LogP) is 2.24. The second-order valence-electron chi connectivity index (χ2n) is 7.11. The van der Waals surface area contributed by atoms with Crippen molar-refractivity contribution in [1.82, 2.24) is 10.0 Å². The second-order valence-corrected chi connectivity index (χ2v) is 8.87. The summed E-state index contributed by atoms with van der Waals surface area (Å²) in [4.78, 5) is 24.0. The average Bonchev–Trinajstić information content (AvgIpc) is 3.57. The van der Waals surface area contributed by atoms with E-state index in [-0.39, 0.29) is 29.0 Å². The van der Waals surface area contributed by atoms with E-state index in [4.69, 9.17) is 4.74 Å². The molecule has 29 heavy (non-hydrogen) atoms. The zero-order valence-electron chi connectivity index (χ0n) is 16.1. The van der Waals surface area contributed by atoms with Crippen molar-refractivity contribution in [3.8, 4) is 0 Å². The number of hydrogen-bond donors (Lipinski definition) is 2. The molecule has 154 valence electrons. The first-order chi connectivity index (χ1) is 13.8. The highest BCUT2D eigenvalue weighted by Crippen LogP contribution is 2.32. The second kappa shape index (κ2) is 9.19. The summed E-state index contributed by atoms with van der Waals surface area (Å²) in [6, 6.07) is 14.7. The molecule has 0 heterocycles. The number of amides is 1. The van der Waals surface area contributed by atoms with Gasteiger partial charge in [0.05, 0.1) is 10.5 Å². The van der Waals surface area contributed by atoms with Gasteiger partial charge in [0.1, 0.15) is 0 Å². The summed E-state index contributed by atoms with van der Waals surface area (Å²) in [5.74, 6) is -0.620. The number of nitrogens with one attached hydrogen (secondary N) is 2. The quantitative estimate of drug-likeness (QED) is 0.611. The van der Waals surface area contributed by atoms with Crippen molar-refractivity contribution in [2.45, 2.75) is 37.2 Å². The minimum Gasteiger partial charge on any atom is -0.452 e. The minimum atomic E-state index is -3.80. The lowest BCUT2D eigenvalue weighted by molar-refractivity contribution is -0.124. The maximum absolute atomic E-state index is 12.5. The maximum atomic E-state index is 12.5. The molecule has 0 bridgehead atoms. The van der Waals surface area contributed by atoms with Gasteiger partial charge in [0.2, 0.25) is 10.0 Å². The van der Waals surface area contributed by atoms with Gasteiger partial charge in [-0.2, -0.15) is 0 Å². The van der Waals surface area contributed by atoms with E-state index in [1.54, 1.807) is 0 Å².